The molecule has 1 N–H and O–H groups in total. The molecule has 0 aromatic heterocycles. The first kappa shape index (κ1) is 26.4. The third-order valence-electron chi connectivity index (χ3n) is 5.87. The molecule has 0 heterocycles. The van der Waals surface area contributed by atoms with Crippen molar-refractivity contribution in [3.63, 3.8) is 0 Å². The highest BCUT2D eigenvalue weighted by Gasteiger charge is 2.30. The summed E-state index contributed by atoms with van der Waals surface area (Å²) in [7, 11) is 0. The average molecular weight is 450 g/mol. The number of rotatable bonds is 10. The molecule has 178 valence electrons. The zero-order valence-electron chi connectivity index (χ0n) is 20.5. The van der Waals surface area contributed by atoms with E-state index < -0.39 is 12.0 Å². The van der Waals surface area contributed by atoms with Crippen LogP contribution in [-0.4, -0.2) is 18.0 Å². The van der Waals surface area contributed by atoms with Gasteiger partial charge < -0.3 is 10.1 Å². The Morgan fingerprint density at radius 3 is 2.61 bits per heavy atom. The van der Waals surface area contributed by atoms with E-state index in [0.717, 1.165) is 43.4 Å². The molecule has 0 spiro atoms. The van der Waals surface area contributed by atoms with Gasteiger partial charge in [-0.15, -0.1) is 0 Å². The highest BCUT2D eigenvalue weighted by Crippen LogP contribution is 2.29. The van der Waals surface area contributed by atoms with Crippen LogP contribution in [0.2, 0.25) is 0 Å². The maximum absolute atomic E-state index is 13.2. The van der Waals surface area contributed by atoms with E-state index in [0.29, 0.717) is 5.92 Å². The smallest absolute Gasteiger partial charge is 0.314 e. The zero-order chi connectivity index (χ0) is 24.1. The lowest BCUT2D eigenvalue weighted by Gasteiger charge is -2.24. The molecule has 1 aromatic carbocycles. The minimum Gasteiger partial charge on any atom is -0.452 e. The Bertz CT molecular complexity index is 866. The number of benzene rings is 1. The van der Waals surface area contributed by atoms with Crippen LogP contribution in [0.25, 0.3) is 0 Å². The molecule has 0 aliphatic heterocycles. The van der Waals surface area contributed by atoms with Gasteiger partial charge in [0, 0.05) is 5.70 Å². The number of hydrogen-bond acceptors (Lipinski definition) is 3. The minimum absolute atomic E-state index is 0.0270. The first-order chi connectivity index (χ1) is 15.9. The van der Waals surface area contributed by atoms with Crippen LogP contribution in [0, 0.1) is 11.8 Å². The molecule has 0 fully saturated rings. The summed E-state index contributed by atoms with van der Waals surface area (Å²) in [6.45, 7) is 7.94. The zero-order valence-corrected chi connectivity index (χ0v) is 20.5. The molecule has 1 aliphatic rings. The molecule has 1 amide bonds. The first-order valence-electron chi connectivity index (χ1n) is 12.2. The molecule has 0 saturated heterocycles. The SMILES string of the molecule is CC/C=C\C=C/CC(C)C(C(=O)OC(C)C(=O)NC1=C/CCCC(C)/C=C\1)c1ccccc1. The summed E-state index contributed by atoms with van der Waals surface area (Å²) < 4.78 is 5.67. The van der Waals surface area contributed by atoms with E-state index in [-0.39, 0.29) is 17.8 Å². The van der Waals surface area contributed by atoms with Gasteiger partial charge in [-0.2, -0.15) is 0 Å². The van der Waals surface area contributed by atoms with Gasteiger partial charge in [-0.05, 0) is 62.5 Å². The Morgan fingerprint density at radius 1 is 1.15 bits per heavy atom. The lowest BCUT2D eigenvalue weighted by atomic mass is 9.85. The summed E-state index contributed by atoms with van der Waals surface area (Å²) >= 11 is 0. The van der Waals surface area contributed by atoms with Gasteiger partial charge in [0.1, 0.15) is 0 Å². The fourth-order valence-electron chi connectivity index (χ4n) is 3.85. The van der Waals surface area contributed by atoms with Crippen molar-refractivity contribution in [1.29, 1.82) is 0 Å². The van der Waals surface area contributed by atoms with Crippen molar-refractivity contribution in [1.82, 2.24) is 5.32 Å². The van der Waals surface area contributed by atoms with Crippen LogP contribution in [0.3, 0.4) is 0 Å². The van der Waals surface area contributed by atoms with Gasteiger partial charge in [-0.3, -0.25) is 9.59 Å². The Morgan fingerprint density at radius 2 is 1.88 bits per heavy atom. The second-order valence-electron chi connectivity index (χ2n) is 8.86. The number of allylic oxidation sites excluding steroid dienone is 7. The van der Waals surface area contributed by atoms with Gasteiger partial charge in [0.2, 0.25) is 0 Å². The van der Waals surface area contributed by atoms with Gasteiger partial charge in [0.25, 0.3) is 5.91 Å². The summed E-state index contributed by atoms with van der Waals surface area (Å²) in [6, 6.07) is 9.66. The molecule has 4 atom stereocenters. The second-order valence-corrected chi connectivity index (χ2v) is 8.86. The molecule has 4 unspecified atom stereocenters. The molecule has 1 aliphatic carbocycles. The largest absolute Gasteiger partial charge is 0.452 e. The third kappa shape index (κ3) is 9.25. The molecular formula is C29H39NO3. The molecule has 4 heteroatoms. The summed E-state index contributed by atoms with van der Waals surface area (Å²) in [6.07, 6.45) is 18.3. The van der Waals surface area contributed by atoms with Crippen LogP contribution >= 0.6 is 0 Å². The topological polar surface area (TPSA) is 55.4 Å². The lowest BCUT2D eigenvalue weighted by molar-refractivity contribution is -0.157. The third-order valence-corrected chi connectivity index (χ3v) is 5.87. The number of hydrogen-bond donors (Lipinski definition) is 1. The number of esters is 1. The van der Waals surface area contributed by atoms with E-state index in [9.17, 15) is 9.59 Å². The molecule has 0 radical (unpaired) electrons. The fraction of sp³-hybridized carbons (Fsp3) is 0.448. The van der Waals surface area contributed by atoms with E-state index in [1.165, 1.54) is 0 Å². The number of nitrogens with one attached hydrogen (secondary N) is 1. The van der Waals surface area contributed by atoms with Crippen LogP contribution < -0.4 is 5.32 Å². The quantitative estimate of drug-likeness (QED) is 0.322. The lowest BCUT2D eigenvalue weighted by Crippen LogP contribution is -2.37. The van der Waals surface area contributed by atoms with Crippen LogP contribution in [0.4, 0.5) is 0 Å². The maximum atomic E-state index is 13.2. The van der Waals surface area contributed by atoms with Gasteiger partial charge in [0.15, 0.2) is 6.10 Å². The Hall–Kier alpha value is -2.88. The summed E-state index contributed by atoms with van der Waals surface area (Å²) in [5, 5.41) is 2.91. The van der Waals surface area contributed by atoms with E-state index in [2.05, 4.69) is 37.4 Å². The Labute approximate surface area is 199 Å². The van der Waals surface area contributed by atoms with Crippen molar-refractivity contribution in [2.45, 2.75) is 71.8 Å². The van der Waals surface area contributed by atoms with E-state index in [4.69, 9.17) is 4.74 Å². The number of carbonyl (C=O) groups excluding carboxylic acids is 2. The Kier molecular flexibility index (Phi) is 11.4. The van der Waals surface area contributed by atoms with Crippen molar-refractivity contribution in [2.75, 3.05) is 0 Å². The van der Waals surface area contributed by atoms with Crippen molar-refractivity contribution in [2.24, 2.45) is 11.8 Å². The van der Waals surface area contributed by atoms with Crippen LogP contribution in [0.5, 0.6) is 0 Å². The monoisotopic (exact) mass is 449 g/mol. The van der Waals surface area contributed by atoms with Crippen molar-refractivity contribution in [3.8, 4) is 0 Å². The van der Waals surface area contributed by atoms with E-state index in [1.807, 2.05) is 61.6 Å². The Balaban J connectivity index is 2.06. The number of amides is 1. The van der Waals surface area contributed by atoms with Crippen LogP contribution in [0.15, 0.2) is 78.6 Å². The van der Waals surface area contributed by atoms with E-state index in [1.54, 1.807) is 6.92 Å². The highest BCUT2D eigenvalue weighted by molar-refractivity contribution is 5.86. The predicted molar refractivity (Wildman–Crippen MR) is 135 cm³/mol. The van der Waals surface area contributed by atoms with Crippen LogP contribution in [0.1, 0.15) is 71.3 Å². The fourth-order valence-corrected chi connectivity index (χ4v) is 3.85. The van der Waals surface area contributed by atoms with E-state index >= 15 is 0 Å². The molecular weight excluding hydrogens is 410 g/mol. The average Bonchev–Trinajstić information content (AvgIpc) is 2.79. The van der Waals surface area contributed by atoms with Gasteiger partial charge >= 0.3 is 5.97 Å². The molecule has 0 saturated carbocycles. The standard InChI is InChI=1S/C29H39NO3/c1-5-6-7-8-10-16-23(3)27(25-17-11-9-12-18-25)29(32)33-24(4)28(31)30-26-19-14-13-15-22(2)20-21-26/h6-12,17-24,27H,5,13-16H2,1-4H3,(H,30,31)/b7-6-,10-8-,21-20-,26-19+. The molecule has 33 heavy (non-hydrogen) atoms. The first-order valence-corrected chi connectivity index (χ1v) is 12.2. The van der Waals surface area contributed by atoms with Crippen molar-refractivity contribution >= 4 is 11.9 Å². The number of carbonyl (C=O) groups is 2. The maximum Gasteiger partial charge on any atom is 0.314 e. The van der Waals surface area contributed by atoms with Gasteiger partial charge in [0.05, 0.1) is 5.92 Å². The van der Waals surface area contributed by atoms with Gasteiger partial charge in [-0.1, -0.05) is 87.6 Å². The predicted octanol–water partition coefficient (Wildman–Crippen LogP) is 6.63. The van der Waals surface area contributed by atoms with Crippen molar-refractivity contribution in [3.05, 3.63) is 84.1 Å². The van der Waals surface area contributed by atoms with Crippen molar-refractivity contribution < 1.29 is 14.3 Å². The highest BCUT2D eigenvalue weighted by atomic mass is 16.5. The van der Waals surface area contributed by atoms with Crippen LogP contribution in [-0.2, 0) is 14.3 Å². The normalized spacial score (nSPS) is 21.9. The molecule has 4 nitrogen and oxygen atoms in total. The molecule has 1 aromatic rings. The van der Waals surface area contributed by atoms with Gasteiger partial charge in [-0.25, -0.2) is 0 Å². The molecule has 2 rings (SSSR count). The molecule has 0 bridgehead atoms. The number of ether oxygens (including phenoxy) is 1. The summed E-state index contributed by atoms with van der Waals surface area (Å²) in [5.41, 5.74) is 1.67. The second kappa shape index (κ2) is 14.3. The minimum atomic E-state index is -0.879. The summed E-state index contributed by atoms with van der Waals surface area (Å²) in [5.74, 6) is -0.608. The summed E-state index contributed by atoms with van der Waals surface area (Å²) in [4.78, 5) is 25.9.